The molecule has 2 aromatic rings. The molecule has 0 aliphatic heterocycles. The number of nitrogens with zero attached hydrogens (tertiary/aromatic N) is 1. The molecular formula is C14H10F3NO. The van der Waals surface area contributed by atoms with E-state index in [1.54, 1.807) is 19.1 Å². The van der Waals surface area contributed by atoms with Crippen molar-refractivity contribution in [3.63, 3.8) is 0 Å². The summed E-state index contributed by atoms with van der Waals surface area (Å²) < 4.78 is 37.2. The van der Waals surface area contributed by atoms with Crippen LogP contribution in [-0.4, -0.2) is 10.8 Å². The van der Waals surface area contributed by atoms with Gasteiger partial charge in [0.05, 0.1) is 5.56 Å². The number of ketones is 1. The zero-order valence-corrected chi connectivity index (χ0v) is 10.0. The fourth-order valence-corrected chi connectivity index (χ4v) is 1.67. The smallest absolute Gasteiger partial charge is 0.287 e. The zero-order chi connectivity index (χ0) is 14.0. The predicted octanol–water partition coefficient (Wildman–Crippen LogP) is 3.64. The Morgan fingerprint density at radius 2 is 1.74 bits per heavy atom. The molecular weight excluding hydrogens is 255 g/mol. The molecule has 2 rings (SSSR count). The van der Waals surface area contributed by atoms with Gasteiger partial charge in [-0.2, -0.15) is 13.2 Å². The SMILES string of the molecule is Cc1cccnc1C(=O)c1ccc(C(F)(F)F)cc1. The molecule has 0 atom stereocenters. The number of alkyl halides is 3. The van der Waals surface area contributed by atoms with E-state index < -0.39 is 11.7 Å². The van der Waals surface area contributed by atoms with Gasteiger partial charge in [0.15, 0.2) is 0 Å². The summed E-state index contributed by atoms with van der Waals surface area (Å²) in [6, 6.07) is 7.54. The van der Waals surface area contributed by atoms with E-state index in [-0.39, 0.29) is 17.0 Å². The van der Waals surface area contributed by atoms with Crippen LogP contribution in [0.25, 0.3) is 0 Å². The second kappa shape index (κ2) is 4.84. The molecule has 19 heavy (non-hydrogen) atoms. The molecule has 0 saturated heterocycles. The highest BCUT2D eigenvalue weighted by molar-refractivity contribution is 6.08. The Morgan fingerprint density at radius 1 is 1.11 bits per heavy atom. The molecule has 1 aromatic carbocycles. The van der Waals surface area contributed by atoms with Crippen molar-refractivity contribution in [2.24, 2.45) is 0 Å². The average Bonchev–Trinajstić information content (AvgIpc) is 2.38. The Morgan fingerprint density at radius 3 is 2.26 bits per heavy atom. The molecule has 1 aromatic heterocycles. The Balaban J connectivity index is 2.34. The number of hydrogen-bond donors (Lipinski definition) is 0. The second-order valence-corrected chi connectivity index (χ2v) is 4.07. The van der Waals surface area contributed by atoms with Crippen LogP contribution in [0.5, 0.6) is 0 Å². The van der Waals surface area contributed by atoms with Crippen LogP contribution in [-0.2, 0) is 6.18 Å². The lowest BCUT2D eigenvalue weighted by molar-refractivity contribution is -0.137. The maximum absolute atomic E-state index is 12.4. The summed E-state index contributed by atoms with van der Waals surface area (Å²) in [5.41, 5.74) is 0.353. The highest BCUT2D eigenvalue weighted by atomic mass is 19.4. The monoisotopic (exact) mass is 265 g/mol. The van der Waals surface area contributed by atoms with Crippen LogP contribution >= 0.6 is 0 Å². The molecule has 2 nitrogen and oxygen atoms in total. The Bertz CT molecular complexity index is 603. The van der Waals surface area contributed by atoms with E-state index in [4.69, 9.17) is 0 Å². The van der Waals surface area contributed by atoms with Crippen molar-refractivity contribution in [3.8, 4) is 0 Å². The first kappa shape index (κ1) is 13.3. The first-order chi connectivity index (χ1) is 8.89. The van der Waals surface area contributed by atoms with Crippen molar-refractivity contribution in [1.82, 2.24) is 4.98 Å². The maximum Gasteiger partial charge on any atom is 0.416 e. The standard InChI is InChI=1S/C14H10F3NO/c1-9-3-2-8-18-12(9)13(19)10-4-6-11(7-5-10)14(15,16)17/h2-8H,1H3. The molecule has 0 spiro atoms. The minimum atomic E-state index is -4.40. The van der Waals surface area contributed by atoms with Gasteiger partial charge in [0.2, 0.25) is 5.78 Å². The fraction of sp³-hybridized carbons (Fsp3) is 0.143. The molecule has 0 fully saturated rings. The van der Waals surface area contributed by atoms with E-state index in [0.717, 1.165) is 12.1 Å². The van der Waals surface area contributed by atoms with Crippen LogP contribution in [0.15, 0.2) is 42.6 Å². The predicted molar refractivity (Wildman–Crippen MR) is 63.9 cm³/mol. The van der Waals surface area contributed by atoms with Gasteiger partial charge in [0.25, 0.3) is 0 Å². The van der Waals surface area contributed by atoms with Gasteiger partial charge in [-0.15, -0.1) is 0 Å². The van der Waals surface area contributed by atoms with Crippen LogP contribution in [0.4, 0.5) is 13.2 Å². The molecule has 0 N–H and O–H groups in total. The maximum atomic E-state index is 12.4. The molecule has 0 aliphatic rings. The molecule has 1 heterocycles. The van der Waals surface area contributed by atoms with E-state index in [1.165, 1.54) is 18.3 Å². The number of carbonyl (C=O) groups excluding carboxylic acids is 1. The van der Waals surface area contributed by atoms with Crippen molar-refractivity contribution < 1.29 is 18.0 Å². The van der Waals surface area contributed by atoms with Crippen LogP contribution in [0.1, 0.15) is 27.2 Å². The van der Waals surface area contributed by atoms with E-state index in [0.29, 0.717) is 5.56 Å². The van der Waals surface area contributed by atoms with E-state index >= 15 is 0 Å². The number of aromatic nitrogens is 1. The minimum absolute atomic E-state index is 0.190. The molecule has 0 aliphatic carbocycles. The van der Waals surface area contributed by atoms with E-state index in [9.17, 15) is 18.0 Å². The normalized spacial score (nSPS) is 11.4. The van der Waals surface area contributed by atoms with Crippen LogP contribution < -0.4 is 0 Å². The summed E-state index contributed by atoms with van der Waals surface area (Å²) >= 11 is 0. The third-order valence-corrected chi connectivity index (χ3v) is 2.70. The summed E-state index contributed by atoms with van der Waals surface area (Å²) in [4.78, 5) is 16.0. The van der Waals surface area contributed by atoms with Gasteiger partial charge in [-0.25, -0.2) is 0 Å². The van der Waals surface area contributed by atoms with Crippen LogP contribution in [0.2, 0.25) is 0 Å². The number of carbonyl (C=O) groups is 1. The average molecular weight is 265 g/mol. The molecule has 5 heteroatoms. The number of benzene rings is 1. The third-order valence-electron chi connectivity index (χ3n) is 2.70. The number of rotatable bonds is 2. The topological polar surface area (TPSA) is 30.0 Å². The van der Waals surface area contributed by atoms with Gasteiger partial charge in [-0.05, 0) is 30.7 Å². The zero-order valence-electron chi connectivity index (χ0n) is 10.0. The summed E-state index contributed by atoms with van der Waals surface area (Å²) in [5.74, 6) is -0.383. The Kier molecular flexibility index (Phi) is 3.38. The first-order valence-electron chi connectivity index (χ1n) is 5.53. The lowest BCUT2D eigenvalue weighted by Gasteiger charge is -2.07. The molecule has 98 valence electrons. The van der Waals surface area contributed by atoms with Gasteiger partial charge in [-0.1, -0.05) is 18.2 Å². The summed E-state index contributed by atoms with van der Waals surface area (Å²) in [6.07, 6.45) is -2.92. The van der Waals surface area contributed by atoms with Gasteiger partial charge in [-0.3, -0.25) is 9.78 Å². The summed E-state index contributed by atoms with van der Waals surface area (Å²) in [6.45, 7) is 1.73. The fourth-order valence-electron chi connectivity index (χ4n) is 1.67. The lowest BCUT2D eigenvalue weighted by Crippen LogP contribution is -2.08. The van der Waals surface area contributed by atoms with E-state index in [1.807, 2.05) is 0 Å². The molecule has 0 saturated carbocycles. The van der Waals surface area contributed by atoms with Crippen molar-refractivity contribution in [2.75, 3.05) is 0 Å². The number of aryl methyl sites for hydroxylation is 1. The second-order valence-electron chi connectivity index (χ2n) is 4.07. The Labute approximate surface area is 107 Å². The largest absolute Gasteiger partial charge is 0.416 e. The van der Waals surface area contributed by atoms with Gasteiger partial charge < -0.3 is 0 Å². The van der Waals surface area contributed by atoms with Crippen molar-refractivity contribution in [2.45, 2.75) is 13.1 Å². The number of hydrogen-bond acceptors (Lipinski definition) is 2. The highest BCUT2D eigenvalue weighted by Crippen LogP contribution is 2.29. The van der Waals surface area contributed by atoms with Gasteiger partial charge in [0.1, 0.15) is 5.69 Å². The summed E-state index contributed by atoms with van der Waals surface area (Å²) in [5, 5.41) is 0. The van der Waals surface area contributed by atoms with Crippen molar-refractivity contribution in [1.29, 1.82) is 0 Å². The van der Waals surface area contributed by atoms with Crippen LogP contribution in [0.3, 0.4) is 0 Å². The third kappa shape index (κ3) is 2.81. The Hall–Kier alpha value is -2.17. The van der Waals surface area contributed by atoms with Gasteiger partial charge >= 0.3 is 6.18 Å². The first-order valence-corrected chi connectivity index (χ1v) is 5.53. The number of halogens is 3. The quantitative estimate of drug-likeness (QED) is 0.776. The van der Waals surface area contributed by atoms with Gasteiger partial charge in [0, 0.05) is 11.8 Å². The minimum Gasteiger partial charge on any atom is -0.287 e. The molecule has 0 unspecified atom stereocenters. The van der Waals surface area contributed by atoms with E-state index in [2.05, 4.69) is 4.98 Å². The molecule has 0 amide bonds. The molecule has 0 radical (unpaired) electrons. The van der Waals surface area contributed by atoms with Crippen molar-refractivity contribution in [3.05, 3.63) is 65.0 Å². The molecule has 0 bridgehead atoms. The van der Waals surface area contributed by atoms with Crippen molar-refractivity contribution >= 4 is 5.78 Å². The summed E-state index contributed by atoms with van der Waals surface area (Å²) in [7, 11) is 0. The highest BCUT2D eigenvalue weighted by Gasteiger charge is 2.30. The van der Waals surface area contributed by atoms with Crippen LogP contribution in [0, 0.1) is 6.92 Å². The lowest BCUT2D eigenvalue weighted by atomic mass is 10.0. The number of pyridine rings is 1.